The van der Waals surface area contributed by atoms with E-state index in [2.05, 4.69) is 25.6 Å². The Morgan fingerprint density at radius 2 is 1.85 bits per heavy atom. The number of carbonyl (C=O) groups excluding carboxylic acids is 2. The Bertz CT molecular complexity index is 796. The van der Waals surface area contributed by atoms with Gasteiger partial charge in [0.25, 0.3) is 5.91 Å². The van der Waals surface area contributed by atoms with Gasteiger partial charge >= 0.3 is 6.09 Å². The zero-order valence-electron chi connectivity index (χ0n) is 15.9. The van der Waals surface area contributed by atoms with Gasteiger partial charge in [0.05, 0.1) is 19.0 Å². The minimum absolute atomic E-state index is 0.422. The fourth-order valence-corrected chi connectivity index (χ4v) is 2.36. The van der Waals surface area contributed by atoms with E-state index in [1.807, 2.05) is 63.2 Å². The van der Waals surface area contributed by atoms with Gasteiger partial charge in [0.15, 0.2) is 0 Å². The molecule has 0 aliphatic rings. The molecule has 2 N–H and O–H groups in total. The molecule has 0 aliphatic carbocycles. The van der Waals surface area contributed by atoms with Gasteiger partial charge in [-0.1, -0.05) is 51.1 Å². The molecule has 1 aromatic carbocycles. The Morgan fingerprint density at radius 3 is 2.41 bits per heavy atom. The summed E-state index contributed by atoms with van der Waals surface area (Å²) in [6, 6.07) is 12.6. The Morgan fingerprint density at radius 1 is 1.15 bits per heavy atom. The van der Waals surface area contributed by atoms with Crippen LogP contribution in [0.15, 0.2) is 53.8 Å². The molecule has 2 aromatic rings. The highest BCUT2D eigenvalue weighted by atomic mass is 16.5. The molecule has 0 saturated carbocycles. The largest absolute Gasteiger partial charge is 0.453 e. The molecule has 1 heterocycles. The van der Waals surface area contributed by atoms with E-state index in [-0.39, 0.29) is 0 Å². The summed E-state index contributed by atoms with van der Waals surface area (Å²) in [6.07, 6.45) is 2.62. The topological polar surface area (TPSA) is 92.7 Å². The van der Waals surface area contributed by atoms with Gasteiger partial charge in [0.1, 0.15) is 6.04 Å². The van der Waals surface area contributed by atoms with E-state index in [0.717, 1.165) is 16.8 Å². The second kappa shape index (κ2) is 8.93. The second-order valence-corrected chi connectivity index (χ2v) is 7.01. The van der Waals surface area contributed by atoms with Gasteiger partial charge < -0.3 is 10.1 Å². The zero-order valence-corrected chi connectivity index (χ0v) is 15.9. The van der Waals surface area contributed by atoms with Crippen LogP contribution in [0, 0.1) is 5.41 Å². The molecule has 27 heavy (non-hydrogen) atoms. The van der Waals surface area contributed by atoms with E-state index in [1.165, 1.54) is 13.3 Å². The number of nitrogens with zero attached hydrogens (tertiary/aromatic N) is 2. The molecule has 1 atom stereocenters. The highest BCUT2D eigenvalue weighted by molar-refractivity contribution is 5.88. The molecule has 0 unspecified atom stereocenters. The van der Waals surface area contributed by atoms with Crippen LogP contribution in [-0.4, -0.2) is 36.4 Å². The first kappa shape index (κ1) is 20.1. The fourth-order valence-electron chi connectivity index (χ4n) is 2.36. The number of carbonyl (C=O) groups is 2. The number of hydrogen-bond donors (Lipinski definition) is 2. The van der Waals surface area contributed by atoms with Gasteiger partial charge in [-0.25, -0.2) is 10.2 Å². The quantitative estimate of drug-likeness (QED) is 0.627. The van der Waals surface area contributed by atoms with E-state index in [1.54, 1.807) is 6.20 Å². The summed E-state index contributed by atoms with van der Waals surface area (Å²) in [5, 5.41) is 6.51. The first-order valence-electron chi connectivity index (χ1n) is 8.50. The number of alkyl carbamates (subject to hydrolysis) is 1. The molecule has 2 amide bonds. The summed E-state index contributed by atoms with van der Waals surface area (Å²) >= 11 is 0. The Kier molecular flexibility index (Phi) is 6.65. The molecule has 0 radical (unpaired) electrons. The maximum Gasteiger partial charge on any atom is 0.407 e. The van der Waals surface area contributed by atoms with Gasteiger partial charge in [-0.3, -0.25) is 9.78 Å². The highest BCUT2D eigenvalue weighted by Gasteiger charge is 2.33. The van der Waals surface area contributed by atoms with Crippen LogP contribution >= 0.6 is 0 Å². The highest BCUT2D eigenvalue weighted by Crippen LogP contribution is 2.19. The Hall–Kier alpha value is -3.22. The number of pyridine rings is 1. The molecular formula is C20H24N4O3. The molecule has 0 saturated heterocycles. The number of nitrogens with one attached hydrogen (secondary N) is 2. The summed E-state index contributed by atoms with van der Waals surface area (Å²) in [6.45, 7) is 5.52. The number of methoxy groups -OCH3 is 1. The number of hydrazone groups is 1. The van der Waals surface area contributed by atoms with Gasteiger partial charge in [0, 0.05) is 11.8 Å². The Balaban J connectivity index is 2.00. The third kappa shape index (κ3) is 5.91. The number of hydrogen-bond acceptors (Lipinski definition) is 5. The van der Waals surface area contributed by atoms with Crippen molar-refractivity contribution in [3.8, 4) is 11.3 Å². The zero-order chi connectivity index (χ0) is 19.9. The van der Waals surface area contributed by atoms with E-state index in [4.69, 9.17) is 0 Å². The van der Waals surface area contributed by atoms with Crippen LogP contribution in [0.3, 0.4) is 0 Å². The van der Waals surface area contributed by atoms with Crippen LogP contribution in [-0.2, 0) is 9.53 Å². The molecule has 0 aliphatic heterocycles. The lowest BCUT2D eigenvalue weighted by Crippen LogP contribution is -2.52. The molecule has 142 valence electrons. The van der Waals surface area contributed by atoms with Gasteiger partial charge in [-0.15, -0.1) is 0 Å². The van der Waals surface area contributed by atoms with Gasteiger partial charge in [0.2, 0.25) is 0 Å². The first-order valence-corrected chi connectivity index (χ1v) is 8.50. The SMILES string of the molecule is COC(=O)N[C@H](C(=O)N/N=C/c1ccc(-c2ccccn2)cc1)C(C)(C)C. The normalized spacial score (nSPS) is 12.4. The summed E-state index contributed by atoms with van der Waals surface area (Å²) in [5.41, 5.74) is 4.66. The summed E-state index contributed by atoms with van der Waals surface area (Å²) < 4.78 is 4.57. The summed E-state index contributed by atoms with van der Waals surface area (Å²) in [4.78, 5) is 28.1. The van der Waals surface area contributed by atoms with E-state index >= 15 is 0 Å². The molecule has 1 aromatic heterocycles. The van der Waals surface area contributed by atoms with Crippen molar-refractivity contribution in [2.24, 2.45) is 10.5 Å². The van der Waals surface area contributed by atoms with Crippen molar-refractivity contribution in [1.82, 2.24) is 15.7 Å². The van der Waals surface area contributed by atoms with E-state index in [9.17, 15) is 9.59 Å². The van der Waals surface area contributed by atoms with Gasteiger partial charge in [-0.05, 0) is 23.1 Å². The van der Waals surface area contributed by atoms with Crippen LogP contribution in [0.2, 0.25) is 0 Å². The lowest BCUT2D eigenvalue weighted by Gasteiger charge is -2.28. The van der Waals surface area contributed by atoms with Gasteiger partial charge in [-0.2, -0.15) is 5.10 Å². The maximum atomic E-state index is 12.4. The number of rotatable bonds is 5. The van der Waals surface area contributed by atoms with Crippen LogP contribution in [0.4, 0.5) is 4.79 Å². The number of amides is 2. The standard InChI is InChI=1S/C20H24N4O3/c1-20(2,3)17(23-19(26)27-4)18(25)24-22-13-14-8-10-15(11-9-14)16-7-5-6-12-21-16/h5-13,17H,1-4H3,(H,23,26)(H,24,25)/b22-13+/t17-/m1/s1. The second-order valence-electron chi connectivity index (χ2n) is 7.01. The van der Waals surface area contributed by atoms with Crippen molar-refractivity contribution in [3.63, 3.8) is 0 Å². The number of aromatic nitrogens is 1. The van der Waals surface area contributed by atoms with Crippen molar-refractivity contribution in [1.29, 1.82) is 0 Å². The third-order valence-electron chi connectivity index (χ3n) is 3.84. The van der Waals surface area contributed by atoms with Crippen LogP contribution in [0.1, 0.15) is 26.3 Å². The summed E-state index contributed by atoms with van der Waals surface area (Å²) in [5.74, 6) is -0.422. The fraction of sp³-hybridized carbons (Fsp3) is 0.300. The van der Waals surface area contributed by atoms with Crippen molar-refractivity contribution >= 4 is 18.2 Å². The maximum absolute atomic E-state index is 12.4. The monoisotopic (exact) mass is 368 g/mol. The van der Waals surface area contributed by atoms with E-state index in [0.29, 0.717) is 0 Å². The molecule has 7 nitrogen and oxygen atoms in total. The average molecular weight is 368 g/mol. The van der Waals surface area contributed by atoms with Crippen molar-refractivity contribution < 1.29 is 14.3 Å². The van der Waals surface area contributed by atoms with Crippen molar-refractivity contribution in [2.75, 3.05) is 7.11 Å². The molecule has 0 spiro atoms. The van der Waals surface area contributed by atoms with Crippen LogP contribution in [0.5, 0.6) is 0 Å². The lowest BCUT2D eigenvalue weighted by atomic mass is 9.86. The predicted octanol–water partition coefficient (Wildman–Crippen LogP) is 2.97. The number of benzene rings is 1. The van der Waals surface area contributed by atoms with Crippen molar-refractivity contribution in [2.45, 2.75) is 26.8 Å². The van der Waals surface area contributed by atoms with Crippen LogP contribution < -0.4 is 10.7 Å². The molecule has 7 heteroatoms. The lowest BCUT2D eigenvalue weighted by molar-refractivity contribution is -0.125. The molecular weight excluding hydrogens is 344 g/mol. The minimum Gasteiger partial charge on any atom is -0.453 e. The smallest absolute Gasteiger partial charge is 0.407 e. The van der Waals surface area contributed by atoms with Crippen LogP contribution in [0.25, 0.3) is 11.3 Å². The summed E-state index contributed by atoms with van der Waals surface area (Å²) in [7, 11) is 1.25. The van der Waals surface area contributed by atoms with E-state index < -0.39 is 23.5 Å². The average Bonchev–Trinajstić information content (AvgIpc) is 2.66. The third-order valence-corrected chi connectivity index (χ3v) is 3.84. The predicted molar refractivity (Wildman–Crippen MR) is 104 cm³/mol. The van der Waals surface area contributed by atoms with Crippen molar-refractivity contribution in [3.05, 3.63) is 54.2 Å². The molecule has 0 bridgehead atoms. The number of ether oxygens (including phenoxy) is 1. The molecule has 2 rings (SSSR count). The minimum atomic E-state index is -0.784. The first-order chi connectivity index (χ1) is 12.8. The Labute approximate surface area is 158 Å². The molecule has 0 fully saturated rings.